The quantitative estimate of drug-likeness (QED) is 0.762. The highest BCUT2D eigenvalue weighted by atomic mass is 32.1. The highest BCUT2D eigenvalue weighted by molar-refractivity contribution is 7.18. The van der Waals surface area contributed by atoms with E-state index in [0.717, 1.165) is 22.9 Å². The van der Waals surface area contributed by atoms with Crippen LogP contribution in [-0.4, -0.2) is 9.97 Å². The Hall–Kier alpha value is -1.94. The lowest BCUT2D eigenvalue weighted by molar-refractivity contribution is 1.17. The summed E-state index contributed by atoms with van der Waals surface area (Å²) < 4.78 is 1.20. The molecule has 3 heterocycles. The molecule has 4 heteroatoms. The summed E-state index contributed by atoms with van der Waals surface area (Å²) in [4.78, 5) is 8.48. The normalized spacial score (nSPS) is 10.9. The van der Waals surface area contributed by atoms with Crippen molar-refractivity contribution in [1.29, 1.82) is 0 Å². The maximum absolute atomic E-state index is 6.00. The number of nitrogen functional groups attached to an aromatic ring is 1. The third-order valence-corrected chi connectivity index (χ3v) is 4.12. The van der Waals surface area contributed by atoms with Crippen molar-refractivity contribution in [3.05, 3.63) is 41.7 Å². The second-order valence-electron chi connectivity index (χ2n) is 4.12. The van der Waals surface area contributed by atoms with Crippen LogP contribution >= 0.6 is 11.3 Å². The summed E-state index contributed by atoms with van der Waals surface area (Å²) >= 11 is 1.73. The first kappa shape index (κ1) is 11.2. The van der Waals surface area contributed by atoms with Crippen molar-refractivity contribution in [3.63, 3.8) is 0 Å². The number of pyridine rings is 2. The van der Waals surface area contributed by atoms with Crippen molar-refractivity contribution < 1.29 is 0 Å². The Balaban J connectivity index is 2.32. The fourth-order valence-corrected chi connectivity index (χ4v) is 3.31. The minimum atomic E-state index is 0.621. The molecule has 0 amide bonds. The lowest BCUT2D eigenvalue weighted by Gasteiger charge is -2.05. The first-order chi connectivity index (χ1) is 8.81. The Morgan fingerprint density at radius 3 is 2.94 bits per heavy atom. The van der Waals surface area contributed by atoms with Crippen molar-refractivity contribution in [2.45, 2.75) is 13.3 Å². The molecule has 0 radical (unpaired) electrons. The van der Waals surface area contributed by atoms with Crippen LogP contribution in [0.1, 0.15) is 12.5 Å². The van der Waals surface area contributed by atoms with Gasteiger partial charge in [-0.15, -0.1) is 11.3 Å². The molecule has 0 saturated carbocycles. The highest BCUT2D eigenvalue weighted by Gasteiger charge is 2.12. The molecule has 0 aliphatic heterocycles. The van der Waals surface area contributed by atoms with Gasteiger partial charge in [0.2, 0.25) is 0 Å². The average molecular weight is 255 g/mol. The molecule has 0 fully saturated rings. The fraction of sp³-hybridized carbons (Fsp3) is 0.143. The van der Waals surface area contributed by atoms with Crippen LogP contribution in [-0.2, 0) is 6.42 Å². The van der Waals surface area contributed by atoms with E-state index >= 15 is 0 Å². The number of anilines is 1. The van der Waals surface area contributed by atoms with Crippen molar-refractivity contribution in [2.75, 3.05) is 5.73 Å². The number of aromatic nitrogens is 2. The molecule has 2 N–H and O–H groups in total. The van der Waals surface area contributed by atoms with Crippen LogP contribution in [0, 0.1) is 0 Å². The van der Waals surface area contributed by atoms with Crippen LogP contribution in [0.5, 0.6) is 0 Å². The van der Waals surface area contributed by atoms with Crippen LogP contribution < -0.4 is 5.73 Å². The molecule has 0 aliphatic carbocycles. The summed E-state index contributed by atoms with van der Waals surface area (Å²) in [7, 11) is 0. The molecule has 90 valence electrons. The fourth-order valence-electron chi connectivity index (χ4n) is 2.12. The van der Waals surface area contributed by atoms with E-state index in [1.807, 2.05) is 24.5 Å². The summed E-state index contributed by atoms with van der Waals surface area (Å²) in [5.74, 6) is 0.621. The smallest absolute Gasteiger partial charge is 0.132 e. The van der Waals surface area contributed by atoms with Gasteiger partial charge in [-0.25, -0.2) is 4.98 Å². The van der Waals surface area contributed by atoms with E-state index in [1.165, 1.54) is 10.3 Å². The van der Waals surface area contributed by atoms with Crippen molar-refractivity contribution in [2.24, 2.45) is 0 Å². The van der Waals surface area contributed by atoms with Gasteiger partial charge in [-0.2, -0.15) is 0 Å². The number of aryl methyl sites for hydroxylation is 1. The predicted molar refractivity (Wildman–Crippen MR) is 76.6 cm³/mol. The zero-order valence-corrected chi connectivity index (χ0v) is 10.9. The third kappa shape index (κ3) is 1.66. The van der Waals surface area contributed by atoms with E-state index in [1.54, 1.807) is 17.5 Å². The Morgan fingerprint density at radius 2 is 2.22 bits per heavy atom. The molecule has 0 spiro atoms. The van der Waals surface area contributed by atoms with Crippen molar-refractivity contribution >= 4 is 27.2 Å². The molecule has 0 aliphatic rings. The lowest BCUT2D eigenvalue weighted by atomic mass is 10.1. The number of hydrogen-bond donors (Lipinski definition) is 1. The van der Waals surface area contributed by atoms with Gasteiger partial charge in [0.25, 0.3) is 0 Å². The van der Waals surface area contributed by atoms with Crippen LogP contribution in [0.3, 0.4) is 0 Å². The molecule has 0 bridgehead atoms. The van der Waals surface area contributed by atoms with Crippen LogP contribution in [0.4, 0.5) is 5.82 Å². The molecule has 0 unspecified atom stereocenters. The predicted octanol–water partition coefficient (Wildman–Crippen LogP) is 3.50. The Labute approximate surface area is 109 Å². The number of fused-ring (bicyclic) bond motifs is 1. The summed E-state index contributed by atoms with van der Waals surface area (Å²) in [5, 5.41) is 3.27. The highest BCUT2D eigenvalue weighted by Crippen LogP contribution is 2.37. The molecule has 0 atom stereocenters. The van der Waals surface area contributed by atoms with Gasteiger partial charge in [-0.3, -0.25) is 4.98 Å². The molecule has 3 nitrogen and oxygen atoms in total. The minimum Gasteiger partial charge on any atom is -0.383 e. The lowest BCUT2D eigenvalue weighted by Crippen LogP contribution is -1.93. The van der Waals surface area contributed by atoms with Crippen LogP contribution in [0.15, 0.2) is 36.1 Å². The van der Waals surface area contributed by atoms with Gasteiger partial charge in [-0.1, -0.05) is 13.0 Å². The first-order valence-corrected chi connectivity index (χ1v) is 6.74. The molecule has 0 saturated heterocycles. The summed E-state index contributed by atoms with van der Waals surface area (Å²) in [6, 6.07) is 3.98. The van der Waals surface area contributed by atoms with E-state index in [0.29, 0.717) is 5.82 Å². The molecule has 3 rings (SSSR count). The van der Waals surface area contributed by atoms with E-state index in [-0.39, 0.29) is 0 Å². The standard InChI is InChI=1S/C14H13N3S/c1-2-9-8-18-13-11(7-17-14(15)12(9)13)10-4-3-5-16-6-10/h3-8H,2H2,1H3,(H2,15,17). The number of hydrogen-bond acceptors (Lipinski definition) is 4. The van der Waals surface area contributed by atoms with E-state index < -0.39 is 0 Å². The monoisotopic (exact) mass is 255 g/mol. The van der Waals surface area contributed by atoms with E-state index in [9.17, 15) is 0 Å². The van der Waals surface area contributed by atoms with E-state index in [2.05, 4.69) is 22.3 Å². The number of thiophene rings is 1. The average Bonchev–Trinajstić information content (AvgIpc) is 2.85. The molecule has 0 aromatic carbocycles. The molecular formula is C14H13N3S. The van der Waals surface area contributed by atoms with Gasteiger partial charge in [0.1, 0.15) is 5.82 Å². The van der Waals surface area contributed by atoms with Crippen LogP contribution in [0.25, 0.3) is 21.2 Å². The van der Waals surface area contributed by atoms with Crippen molar-refractivity contribution in [3.8, 4) is 11.1 Å². The zero-order chi connectivity index (χ0) is 12.5. The summed E-state index contributed by atoms with van der Waals surface area (Å²) in [6.07, 6.45) is 6.45. The third-order valence-electron chi connectivity index (χ3n) is 3.05. The van der Waals surface area contributed by atoms with Gasteiger partial charge in [0.15, 0.2) is 0 Å². The SMILES string of the molecule is CCc1csc2c(-c3cccnc3)cnc(N)c12. The second-order valence-corrected chi connectivity index (χ2v) is 5.00. The first-order valence-electron chi connectivity index (χ1n) is 5.86. The molecule has 18 heavy (non-hydrogen) atoms. The summed E-state index contributed by atoms with van der Waals surface area (Å²) in [6.45, 7) is 2.14. The van der Waals surface area contributed by atoms with Crippen LogP contribution in [0.2, 0.25) is 0 Å². The Bertz CT molecular complexity index is 689. The van der Waals surface area contributed by atoms with Gasteiger partial charge in [0.05, 0.1) is 0 Å². The molecule has 3 aromatic rings. The van der Waals surface area contributed by atoms with Crippen molar-refractivity contribution in [1.82, 2.24) is 9.97 Å². The number of rotatable bonds is 2. The molecule has 3 aromatic heterocycles. The minimum absolute atomic E-state index is 0.621. The second kappa shape index (κ2) is 4.38. The largest absolute Gasteiger partial charge is 0.383 e. The number of nitrogens with zero attached hydrogens (tertiary/aromatic N) is 2. The van der Waals surface area contributed by atoms with Gasteiger partial charge < -0.3 is 5.73 Å². The van der Waals surface area contributed by atoms with Gasteiger partial charge >= 0.3 is 0 Å². The maximum atomic E-state index is 6.00. The Kier molecular flexibility index (Phi) is 2.72. The number of nitrogens with two attached hydrogens (primary N) is 1. The Morgan fingerprint density at radius 1 is 1.33 bits per heavy atom. The van der Waals surface area contributed by atoms with Gasteiger partial charge in [-0.05, 0) is 23.4 Å². The molecular weight excluding hydrogens is 242 g/mol. The zero-order valence-electron chi connectivity index (χ0n) is 10.1. The maximum Gasteiger partial charge on any atom is 0.132 e. The summed E-state index contributed by atoms with van der Waals surface area (Å²) in [5.41, 5.74) is 9.46. The topological polar surface area (TPSA) is 51.8 Å². The van der Waals surface area contributed by atoms with E-state index in [4.69, 9.17) is 5.73 Å². The van der Waals surface area contributed by atoms with Gasteiger partial charge in [0, 0.05) is 39.8 Å².